The molecule has 0 bridgehead atoms. The largest absolute Gasteiger partial charge is 0.472 e. The third-order valence-corrected chi connectivity index (χ3v) is 3.77. The van der Waals surface area contributed by atoms with Crippen molar-refractivity contribution in [1.29, 1.82) is 0 Å². The highest BCUT2D eigenvalue weighted by molar-refractivity contribution is 7.80. The first kappa shape index (κ1) is 12.0. The average Bonchev–Trinajstić information content (AvgIpc) is 2.65. The maximum absolute atomic E-state index is 5.81. The Balaban J connectivity index is 2.10. The van der Waals surface area contributed by atoms with Crippen LogP contribution in [0.2, 0.25) is 10.0 Å². The fraction of sp³-hybridized carbons (Fsp3) is 0.100. The summed E-state index contributed by atoms with van der Waals surface area (Å²) < 4.78 is 5.51. The summed E-state index contributed by atoms with van der Waals surface area (Å²) >= 11 is 18.3. The van der Waals surface area contributed by atoms with Crippen molar-refractivity contribution in [3.8, 4) is 5.75 Å². The van der Waals surface area contributed by atoms with E-state index in [1.54, 1.807) is 18.3 Å². The Morgan fingerprint density at radius 3 is 2.69 bits per heavy atom. The molecule has 0 saturated carbocycles. The summed E-state index contributed by atoms with van der Waals surface area (Å²) in [5.74, 6) is 0.553. The second-order valence-corrected chi connectivity index (χ2v) is 5.20. The lowest BCUT2D eigenvalue weighted by Crippen LogP contribution is -1.98. The first-order valence-electron chi connectivity index (χ1n) is 4.32. The molecule has 1 radical (unpaired) electrons. The Bertz CT molecular complexity index is 489. The number of pyridine rings is 1. The molecule has 2 aromatic rings. The summed E-state index contributed by atoms with van der Waals surface area (Å²) in [6, 6.07) is 3.46. The Hall–Kier alpha value is -0.420. The number of thiophene rings is 1. The molecule has 1 unspecified atom stereocenters. The van der Waals surface area contributed by atoms with Crippen molar-refractivity contribution in [2.45, 2.75) is 5.44 Å². The molecule has 0 aliphatic carbocycles. The monoisotopic (exact) mass is 290 g/mol. The topological polar surface area (TPSA) is 22.1 Å². The van der Waals surface area contributed by atoms with E-state index in [0.717, 1.165) is 4.88 Å². The fourth-order valence-corrected chi connectivity index (χ4v) is 2.59. The molecule has 0 N–H and O–H groups in total. The van der Waals surface area contributed by atoms with Crippen LogP contribution in [0.25, 0.3) is 0 Å². The molecule has 0 amide bonds. The number of halogens is 2. The zero-order valence-corrected chi connectivity index (χ0v) is 11.0. The SMILES string of the molecule is [S]C(Oc1cncc(Cl)c1)c1cc(Cl)cs1. The third-order valence-electron chi connectivity index (χ3n) is 1.74. The maximum Gasteiger partial charge on any atom is 0.188 e. The number of hydrogen-bond donors (Lipinski definition) is 0. The van der Waals surface area contributed by atoms with E-state index in [2.05, 4.69) is 4.98 Å². The van der Waals surface area contributed by atoms with Crippen LogP contribution < -0.4 is 4.74 Å². The minimum atomic E-state index is -0.474. The van der Waals surface area contributed by atoms with E-state index in [1.165, 1.54) is 17.5 Å². The lowest BCUT2D eigenvalue weighted by Gasteiger charge is -2.10. The summed E-state index contributed by atoms with van der Waals surface area (Å²) in [6.07, 6.45) is 3.11. The molecule has 0 aliphatic rings. The predicted molar refractivity (Wildman–Crippen MR) is 69.5 cm³/mol. The van der Waals surface area contributed by atoms with Crippen LogP contribution in [-0.4, -0.2) is 4.98 Å². The first-order valence-corrected chi connectivity index (χ1v) is 6.43. The van der Waals surface area contributed by atoms with Crippen molar-refractivity contribution in [3.05, 3.63) is 44.8 Å². The van der Waals surface area contributed by atoms with Crippen molar-refractivity contribution < 1.29 is 4.74 Å². The first-order chi connectivity index (χ1) is 7.65. The van der Waals surface area contributed by atoms with Gasteiger partial charge in [-0.15, -0.1) is 11.3 Å². The molecule has 2 rings (SSSR count). The molecule has 0 aromatic carbocycles. The smallest absolute Gasteiger partial charge is 0.188 e. The van der Waals surface area contributed by atoms with E-state index in [9.17, 15) is 0 Å². The Morgan fingerprint density at radius 1 is 1.25 bits per heavy atom. The van der Waals surface area contributed by atoms with Crippen LogP contribution in [0.15, 0.2) is 29.9 Å². The van der Waals surface area contributed by atoms with Gasteiger partial charge in [-0.05, 0) is 18.7 Å². The van der Waals surface area contributed by atoms with Crippen LogP contribution in [-0.2, 0) is 0 Å². The predicted octanol–water partition coefficient (Wildman–Crippen LogP) is 4.73. The van der Waals surface area contributed by atoms with Gasteiger partial charge in [-0.25, -0.2) is 0 Å². The highest BCUT2D eigenvalue weighted by Gasteiger charge is 2.12. The van der Waals surface area contributed by atoms with Gasteiger partial charge in [-0.2, -0.15) is 0 Å². The zero-order valence-electron chi connectivity index (χ0n) is 7.89. The molecule has 0 saturated heterocycles. The molecule has 2 nitrogen and oxygen atoms in total. The van der Waals surface area contributed by atoms with Gasteiger partial charge in [-0.3, -0.25) is 4.98 Å². The van der Waals surface area contributed by atoms with Crippen molar-refractivity contribution in [2.24, 2.45) is 0 Å². The second-order valence-electron chi connectivity index (χ2n) is 2.96. The van der Waals surface area contributed by atoms with Gasteiger partial charge in [0.05, 0.1) is 21.1 Å². The van der Waals surface area contributed by atoms with Crippen LogP contribution in [0.5, 0.6) is 5.75 Å². The minimum Gasteiger partial charge on any atom is -0.472 e. The Kier molecular flexibility index (Phi) is 3.97. The number of aromatic nitrogens is 1. The third kappa shape index (κ3) is 3.04. The fourth-order valence-electron chi connectivity index (χ4n) is 1.09. The van der Waals surface area contributed by atoms with E-state index >= 15 is 0 Å². The van der Waals surface area contributed by atoms with E-state index in [1.807, 2.05) is 5.38 Å². The van der Waals surface area contributed by atoms with Crippen LogP contribution in [0.3, 0.4) is 0 Å². The summed E-state index contributed by atoms with van der Waals surface area (Å²) in [7, 11) is 0. The molecule has 0 spiro atoms. The van der Waals surface area contributed by atoms with Crippen LogP contribution >= 0.6 is 47.2 Å². The van der Waals surface area contributed by atoms with Crippen LogP contribution in [0.4, 0.5) is 0 Å². The van der Waals surface area contributed by atoms with Gasteiger partial charge in [0.15, 0.2) is 5.44 Å². The van der Waals surface area contributed by atoms with Crippen LogP contribution in [0.1, 0.15) is 10.3 Å². The van der Waals surface area contributed by atoms with Crippen molar-refractivity contribution >= 4 is 47.2 Å². The van der Waals surface area contributed by atoms with E-state index in [4.69, 9.17) is 40.6 Å². The van der Waals surface area contributed by atoms with Crippen LogP contribution in [0, 0.1) is 0 Å². The molecular weight excluding hydrogens is 285 g/mol. The molecule has 83 valence electrons. The summed E-state index contributed by atoms with van der Waals surface area (Å²) in [4.78, 5) is 4.80. The molecule has 1 atom stereocenters. The van der Waals surface area contributed by atoms with E-state index < -0.39 is 5.44 Å². The second kappa shape index (κ2) is 5.27. The van der Waals surface area contributed by atoms with Crippen molar-refractivity contribution in [2.75, 3.05) is 0 Å². The molecule has 16 heavy (non-hydrogen) atoms. The lowest BCUT2D eigenvalue weighted by atomic mass is 10.4. The number of hydrogen-bond acceptors (Lipinski definition) is 3. The standard InChI is InChI=1S/C10H6Cl2NOS2/c11-6-1-8(4-13-3-6)14-10(15)9-2-7(12)5-16-9/h1-5,10H. The molecule has 2 aromatic heterocycles. The summed E-state index contributed by atoms with van der Waals surface area (Å²) in [5, 5.41) is 3.00. The Labute approximate surface area is 113 Å². The minimum absolute atomic E-state index is 0.474. The van der Waals surface area contributed by atoms with Crippen molar-refractivity contribution in [3.63, 3.8) is 0 Å². The molecular formula is C10H6Cl2NOS2. The van der Waals surface area contributed by atoms with Gasteiger partial charge in [0.25, 0.3) is 0 Å². The molecule has 6 heteroatoms. The highest BCUT2D eigenvalue weighted by Crippen LogP contribution is 2.31. The number of ether oxygens (including phenoxy) is 1. The van der Waals surface area contributed by atoms with E-state index in [-0.39, 0.29) is 0 Å². The Morgan fingerprint density at radius 2 is 2.06 bits per heavy atom. The van der Waals surface area contributed by atoms with Gasteiger partial charge in [0.2, 0.25) is 0 Å². The average molecular weight is 291 g/mol. The molecule has 0 aliphatic heterocycles. The summed E-state index contributed by atoms with van der Waals surface area (Å²) in [6.45, 7) is 0. The molecule has 2 heterocycles. The van der Waals surface area contributed by atoms with Gasteiger partial charge in [-0.1, -0.05) is 23.2 Å². The van der Waals surface area contributed by atoms with E-state index in [0.29, 0.717) is 15.8 Å². The van der Waals surface area contributed by atoms with Gasteiger partial charge >= 0.3 is 0 Å². The highest BCUT2D eigenvalue weighted by atomic mass is 35.5. The maximum atomic E-state index is 5.81. The quantitative estimate of drug-likeness (QED) is 0.816. The number of rotatable bonds is 3. The zero-order chi connectivity index (χ0) is 11.5. The lowest BCUT2D eigenvalue weighted by molar-refractivity contribution is 0.300. The van der Waals surface area contributed by atoms with Crippen molar-refractivity contribution in [1.82, 2.24) is 4.98 Å². The van der Waals surface area contributed by atoms with Gasteiger partial charge in [0.1, 0.15) is 5.75 Å². The summed E-state index contributed by atoms with van der Waals surface area (Å²) in [5.41, 5.74) is -0.474. The number of nitrogens with zero attached hydrogens (tertiary/aromatic N) is 1. The van der Waals surface area contributed by atoms with Gasteiger partial charge in [0, 0.05) is 17.6 Å². The van der Waals surface area contributed by atoms with Gasteiger partial charge < -0.3 is 4.74 Å². The molecule has 0 fully saturated rings. The normalized spacial score (nSPS) is 12.4.